The summed E-state index contributed by atoms with van der Waals surface area (Å²) in [6.07, 6.45) is 1.02. The minimum atomic E-state index is -3.76. The first-order chi connectivity index (χ1) is 12.9. The van der Waals surface area contributed by atoms with Crippen LogP contribution >= 0.6 is 11.3 Å². The number of anilines is 1. The Morgan fingerprint density at radius 2 is 2.07 bits per heavy atom. The van der Waals surface area contributed by atoms with Crippen molar-refractivity contribution in [2.45, 2.75) is 30.7 Å². The first-order valence-corrected chi connectivity index (χ1v) is 10.8. The fourth-order valence-corrected chi connectivity index (χ4v) is 5.20. The second-order valence-corrected chi connectivity index (χ2v) is 8.58. The fourth-order valence-electron chi connectivity index (χ4n) is 2.84. The molecule has 0 saturated carbocycles. The molecule has 0 radical (unpaired) electrons. The Morgan fingerprint density at radius 1 is 1.33 bits per heavy atom. The summed E-state index contributed by atoms with van der Waals surface area (Å²) in [6.45, 7) is 2.20. The van der Waals surface area contributed by atoms with Crippen molar-refractivity contribution in [2.75, 3.05) is 18.5 Å². The van der Waals surface area contributed by atoms with Gasteiger partial charge < -0.3 is 10.1 Å². The van der Waals surface area contributed by atoms with Crippen LogP contribution in [0.5, 0.6) is 0 Å². The maximum Gasteiger partial charge on any atom is 0.357 e. The van der Waals surface area contributed by atoms with Crippen molar-refractivity contribution in [1.29, 1.82) is 0 Å². The van der Waals surface area contributed by atoms with Crippen molar-refractivity contribution in [3.05, 3.63) is 41.4 Å². The molecule has 2 heterocycles. The number of amides is 1. The van der Waals surface area contributed by atoms with Crippen molar-refractivity contribution in [1.82, 2.24) is 9.29 Å². The van der Waals surface area contributed by atoms with Crippen LogP contribution in [0.2, 0.25) is 0 Å². The van der Waals surface area contributed by atoms with Gasteiger partial charge in [-0.05, 0) is 31.9 Å². The number of benzene rings is 1. The number of nitrogens with zero attached hydrogens (tertiary/aromatic N) is 2. The average molecular weight is 409 g/mol. The lowest BCUT2D eigenvalue weighted by Gasteiger charge is -2.23. The smallest absolute Gasteiger partial charge is 0.357 e. The van der Waals surface area contributed by atoms with E-state index in [9.17, 15) is 18.0 Å². The molecule has 27 heavy (non-hydrogen) atoms. The van der Waals surface area contributed by atoms with E-state index in [1.165, 1.54) is 21.8 Å². The average Bonchev–Trinajstić information content (AvgIpc) is 3.32. The van der Waals surface area contributed by atoms with Crippen molar-refractivity contribution in [3.63, 3.8) is 0 Å². The number of hydrogen-bond acceptors (Lipinski definition) is 7. The van der Waals surface area contributed by atoms with Gasteiger partial charge in [0.1, 0.15) is 6.04 Å². The van der Waals surface area contributed by atoms with Gasteiger partial charge in [-0.25, -0.2) is 18.2 Å². The Morgan fingerprint density at radius 3 is 2.78 bits per heavy atom. The summed E-state index contributed by atoms with van der Waals surface area (Å²) in [5, 5.41) is 4.32. The molecule has 0 spiro atoms. The number of ether oxygens (including phenoxy) is 1. The van der Waals surface area contributed by atoms with E-state index in [2.05, 4.69) is 10.3 Å². The Labute approximate surface area is 161 Å². The Kier molecular flexibility index (Phi) is 5.88. The quantitative estimate of drug-likeness (QED) is 0.733. The Hall–Kier alpha value is -2.30. The highest BCUT2D eigenvalue weighted by Crippen LogP contribution is 2.27. The van der Waals surface area contributed by atoms with Crippen LogP contribution in [-0.4, -0.2) is 48.8 Å². The summed E-state index contributed by atoms with van der Waals surface area (Å²) in [5.74, 6) is -1.03. The van der Waals surface area contributed by atoms with Crippen LogP contribution in [0.1, 0.15) is 30.3 Å². The molecule has 0 aliphatic carbocycles. The van der Waals surface area contributed by atoms with Gasteiger partial charge in [-0.15, -0.1) is 11.3 Å². The maximum absolute atomic E-state index is 12.8. The monoisotopic (exact) mass is 409 g/mol. The summed E-state index contributed by atoms with van der Waals surface area (Å²) >= 11 is 1.08. The molecular formula is C17H19N3O5S2. The van der Waals surface area contributed by atoms with Gasteiger partial charge in [0.05, 0.1) is 11.5 Å². The van der Waals surface area contributed by atoms with E-state index in [0.29, 0.717) is 12.8 Å². The zero-order valence-corrected chi connectivity index (χ0v) is 16.3. The first-order valence-electron chi connectivity index (χ1n) is 8.44. The van der Waals surface area contributed by atoms with Crippen molar-refractivity contribution < 1.29 is 22.7 Å². The molecule has 1 aromatic carbocycles. The van der Waals surface area contributed by atoms with E-state index < -0.39 is 27.9 Å². The van der Waals surface area contributed by atoms with Crippen LogP contribution < -0.4 is 5.32 Å². The second kappa shape index (κ2) is 8.15. The fraction of sp³-hybridized carbons (Fsp3) is 0.353. The standard InChI is InChI=1S/C17H19N3O5S2/c1-2-25-16(22)13-11-26-17(18-13)19-15(21)14-9-6-10-20(14)27(23,24)12-7-4-3-5-8-12/h3-5,7-8,11,14H,2,6,9-10H2,1H3,(H,18,19,21). The second-order valence-electron chi connectivity index (χ2n) is 5.83. The van der Waals surface area contributed by atoms with Gasteiger partial charge in [-0.2, -0.15) is 4.31 Å². The summed E-state index contributed by atoms with van der Waals surface area (Å²) in [5.41, 5.74) is 0.109. The topological polar surface area (TPSA) is 106 Å². The van der Waals surface area contributed by atoms with Gasteiger partial charge in [0.25, 0.3) is 0 Å². The van der Waals surface area contributed by atoms with Gasteiger partial charge >= 0.3 is 5.97 Å². The van der Waals surface area contributed by atoms with E-state index in [-0.39, 0.29) is 28.9 Å². The van der Waals surface area contributed by atoms with Crippen molar-refractivity contribution >= 4 is 38.4 Å². The van der Waals surface area contributed by atoms with Gasteiger partial charge in [-0.1, -0.05) is 18.2 Å². The van der Waals surface area contributed by atoms with E-state index in [1.54, 1.807) is 25.1 Å². The summed E-state index contributed by atoms with van der Waals surface area (Å²) < 4.78 is 31.8. The summed E-state index contributed by atoms with van der Waals surface area (Å²) in [4.78, 5) is 28.5. The number of esters is 1. The number of nitrogens with one attached hydrogen (secondary N) is 1. The highest BCUT2D eigenvalue weighted by molar-refractivity contribution is 7.89. The number of rotatable bonds is 6. The van der Waals surface area contributed by atoms with Gasteiger partial charge in [0.2, 0.25) is 15.9 Å². The molecule has 1 fully saturated rings. The molecule has 1 aliphatic heterocycles. The normalized spacial score (nSPS) is 17.6. The third kappa shape index (κ3) is 4.18. The SMILES string of the molecule is CCOC(=O)c1csc(NC(=O)C2CCCN2S(=O)(=O)c2ccccc2)n1. The van der Waals surface area contributed by atoms with Crippen LogP contribution in [0.3, 0.4) is 0 Å². The minimum absolute atomic E-state index is 0.109. The number of hydrogen-bond donors (Lipinski definition) is 1. The van der Waals surface area contributed by atoms with Crippen molar-refractivity contribution in [3.8, 4) is 0 Å². The van der Waals surface area contributed by atoms with Crippen molar-refractivity contribution in [2.24, 2.45) is 0 Å². The van der Waals surface area contributed by atoms with E-state index in [0.717, 1.165) is 11.3 Å². The highest BCUT2D eigenvalue weighted by Gasteiger charge is 2.39. The molecule has 3 rings (SSSR count). The molecule has 8 nitrogen and oxygen atoms in total. The molecule has 1 N–H and O–H groups in total. The van der Waals surface area contributed by atoms with Gasteiger partial charge in [0, 0.05) is 11.9 Å². The minimum Gasteiger partial charge on any atom is -0.461 e. The van der Waals surface area contributed by atoms with Gasteiger partial charge in [0.15, 0.2) is 10.8 Å². The van der Waals surface area contributed by atoms with Crippen LogP contribution in [0.25, 0.3) is 0 Å². The zero-order chi connectivity index (χ0) is 19.4. The van der Waals surface area contributed by atoms with E-state index in [1.807, 2.05) is 0 Å². The van der Waals surface area contributed by atoms with E-state index >= 15 is 0 Å². The number of carbonyl (C=O) groups excluding carboxylic acids is 2. The van der Waals surface area contributed by atoms with Crippen LogP contribution in [0, 0.1) is 0 Å². The molecule has 0 bridgehead atoms. The molecular weight excluding hydrogens is 390 g/mol. The van der Waals surface area contributed by atoms with Crippen LogP contribution in [0.15, 0.2) is 40.6 Å². The lowest BCUT2D eigenvalue weighted by molar-refractivity contribution is -0.119. The molecule has 2 aromatic rings. The number of carbonyl (C=O) groups is 2. The first kappa shape index (κ1) is 19.5. The molecule has 144 valence electrons. The third-order valence-electron chi connectivity index (χ3n) is 4.08. The number of aromatic nitrogens is 1. The molecule has 1 saturated heterocycles. The predicted octanol–water partition coefficient (Wildman–Crippen LogP) is 2.11. The zero-order valence-electron chi connectivity index (χ0n) is 14.6. The molecule has 10 heteroatoms. The maximum atomic E-state index is 12.8. The molecule has 1 aromatic heterocycles. The van der Waals surface area contributed by atoms with Crippen LogP contribution in [0.4, 0.5) is 5.13 Å². The number of thiazole rings is 1. The molecule has 1 atom stereocenters. The number of sulfonamides is 1. The van der Waals surface area contributed by atoms with Crippen LogP contribution in [-0.2, 0) is 19.6 Å². The molecule has 1 amide bonds. The predicted molar refractivity (Wildman–Crippen MR) is 100 cm³/mol. The Bertz CT molecular complexity index is 927. The largest absolute Gasteiger partial charge is 0.461 e. The highest BCUT2D eigenvalue weighted by atomic mass is 32.2. The summed E-state index contributed by atoms with van der Waals surface area (Å²) in [6, 6.07) is 7.22. The van der Waals surface area contributed by atoms with E-state index in [4.69, 9.17) is 4.74 Å². The summed E-state index contributed by atoms with van der Waals surface area (Å²) in [7, 11) is -3.76. The lowest BCUT2D eigenvalue weighted by atomic mass is 10.2. The molecule has 1 aliphatic rings. The van der Waals surface area contributed by atoms with Gasteiger partial charge in [-0.3, -0.25) is 4.79 Å². The third-order valence-corrected chi connectivity index (χ3v) is 6.76. The Balaban J connectivity index is 1.74. The molecule has 1 unspecified atom stereocenters. The lowest BCUT2D eigenvalue weighted by Crippen LogP contribution is -2.43.